The monoisotopic (exact) mass is 452 g/mol. The molecule has 1 N–H and O–H groups in total. The number of halogens is 2. The third-order valence-corrected chi connectivity index (χ3v) is 8.06. The highest BCUT2D eigenvalue weighted by atomic mass is 32.2. The number of hydrogen-bond acceptors (Lipinski definition) is 5. The molecule has 0 bridgehead atoms. The summed E-state index contributed by atoms with van der Waals surface area (Å²) >= 11 is 1.13. The van der Waals surface area contributed by atoms with Crippen molar-refractivity contribution in [2.75, 3.05) is 31.6 Å². The average Bonchev–Trinajstić information content (AvgIpc) is 3.08. The molecule has 158 valence electrons. The minimum atomic E-state index is -4.07. The number of hydrogen-bond donors (Lipinski definition) is 1. The van der Waals surface area contributed by atoms with E-state index in [-0.39, 0.29) is 32.0 Å². The summed E-state index contributed by atoms with van der Waals surface area (Å²) in [6.07, 6.45) is 0. The van der Waals surface area contributed by atoms with Crippen LogP contribution in [0.25, 0.3) is 10.1 Å². The third-order valence-electron chi connectivity index (χ3n) is 4.89. The van der Waals surface area contributed by atoms with Gasteiger partial charge in [-0.25, -0.2) is 17.2 Å². The second-order valence-electron chi connectivity index (χ2n) is 6.78. The van der Waals surface area contributed by atoms with E-state index in [2.05, 4.69) is 5.32 Å². The highest BCUT2D eigenvalue weighted by molar-refractivity contribution is 7.89. The van der Waals surface area contributed by atoms with Gasteiger partial charge in [-0.1, -0.05) is 6.07 Å². The van der Waals surface area contributed by atoms with Crippen LogP contribution in [0.1, 0.15) is 15.2 Å². The van der Waals surface area contributed by atoms with Crippen molar-refractivity contribution in [2.45, 2.75) is 11.8 Å². The van der Waals surface area contributed by atoms with Gasteiger partial charge in [0.2, 0.25) is 10.0 Å². The van der Waals surface area contributed by atoms with Gasteiger partial charge in [-0.05, 0) is 42.8 Å². The highest BCUT2D eigenvalue weighted by Gasteiger charge is 2.29. The van der Waals surface area contributed by atoms with Crippen molar-refractivity contribution in [3.8, 4) is 0 Å². The zero-order valence-corrected chi connectivity index (χ0v) is 17.6. The van der Waals surface area contributed by atoms with E-state index in [4.69, 9.17) is 4.74 Å². The lowest BCUT2D eigenvalue weighted by molar-refractivity contribution is 0.0729. The van der Waals surface area contributed by atoms with Crippen molar-refractivity contribution in [1.82, 2.24) is 4.31 Å². The molecule has 1 aliphatic rings. The normalized spacial score (nSPS) is 15.4. The molecular formula is C20H18F2N2O4S2. The number of sulfonamides is 1. The first kappa shape index (κ1) is 20.9. The molecule has 3 aromatic rings. The Balaban J connectivity index is 1.65. The number of morpholine rings is 1. The third kappa shape index (κ3) is 3.71. The maximum atomic E-state index is 14.3. The first-order valence-corrected chi connectivity index (χ1v) is 11.4. The van der Waals surface area contributed by atoms with E-state index in [0.717, 1.165) is 27.8 Å². The average molecular weight is 453 g/mol. The van der Waals surface area contributed by atoms with E-state index in [1.165, 1.54) is 12.1 Å². The molecule has 2 heterocycles. The predicted octanol–water partition coefficient (Wildman–Crippen LogP) is 3.76. The lowest BCUT2D eigenvalue weighted by Gasteiger charge is -2.26. The van der Waals surface area contributed by atoms with Gasteiger partial charge in [0.1, 0.15) is 16.5 Å². The smallest absolute Gasteiger partial charge is 0.266 e. The fourth-order valence-electron chi connectivity index (χ4n) is 3.36. The second kappa shape index (κ2) is 8.03. The van der Waals surface area contributed by atoms with Crippen molar-refractivity contribution in [3.63, 3.8) is 0 Å². The van der Waals surface area contributed by atoms with Gasteiger partial charge in [0.15, 0.2) is 0 Å². The Hall–Kier alpha value is -2.40. The van der Waals surface area contributed by atoms with E-state index >= 15 is 0 Å². The number of carbonyl (C=O) groups excluding carboxylic acids is 1. The summed E-state index contributed by atoms with van der Waals surface area (Å²) in [6.45, 7) is 2.38. The molecule has 6 nitrogen and oxygen atoms in total. The molecule has 1 amide bonds. The Kier molecular flexibility index (Phi) is 5.58. The SMILES string of the molecule is Cc1c(C(=O)Nc2ccc(F)c(S(=O)(=O)N3CCOCC3)c2)sc2cccc(F)c12. The lowest BCUT2D eigenvalue weighted by Crippen LogP contribution is -2.40. The summed E-state index contributed by atoms with van der Waals surface area (Å²) in [5, 5.41) is 2.97. The quantitative estimate of drug-likeness (QED) is 0.654. The van der Waals surface area contributed by atoms with Gasteiger partial charge < -0.3 is 10.1 Å². The Morgan fingerprint density at radius 2 is 1.87 bits per heavy atom. The zero-order valence-electron chi connectivity index (χ0n) is 15.9. The lowest BCUT2D eigenvalue weighted by atomic mass is 10.1. The molecule has 30 heavy (non-hydrogen) atoms. The summed E-state index contributed by atoms with van der Waals surface area (Å²) in [4.78, 5) is 12.6. The number of carbonyl (C=O) groups is 1. The van der Waals surface area contributed by atoms with Crippen molar-refractivity contribution in [2.24, 2.45) is 0 Å². The zero-order chi connectivity index (χ0) is 21.5. The molecule has 0 radical (unpaired) electrons. The standard InChI is InChI=1S/C20H18F2N2O4S2/c1-12-18-15(22)3-2-4-16(18)29-19(12)20(25)23-13-5-6-14(21)17(11-13)30(26,27)24-7-9-28-10-8-24/h2-6,11H,7-10H2,1H3,(H,23,25). The second-order valence-corrected chi connectivity index (χ2v) is 9.74. The Labute approximate surface area is 176 Å². The molecule has 0 spiro atoms. The van der Waals surface area contributed by atoms with Crippen molar-refractivity contribution in [1.29, 1.82) is 0 Å². The van der Waals surface area contributed by atoms with Gasteiger partial charge in [-0.2, -0.15) is 4.31 Å². The molecule has 0 aliphatic carbocycles. The predicted molar refractivity (Wildman–Crippen MR) is 110 cm³/mol. The number of fused-ring (bicyclic) bond motifs is 1. The highest BCUT2D eigenvalue weighted by Crippen LogP contribution is 2.33. The van der Waals surface area contributed by atoms with Gasteiger partial charge in [0, 0.05) is 28.9 Å². The first-order chi connectivity index (χ1) is 14.3. The summed E-state index contributed by atoms with van der Waals surface area (Å²) in [5.41, 5.74) is 0.624. The molecule has 2 aromatic carbocycles. The number of nitrogens with one attached hydrogen (secondary N) is 1. The number of amides is 1. The number of ether oxygens (including phenoxy) is 1. The minimum absolute atomic E-state index is 0.130. The fourth-order valence-corrected chi connectivity index (χ4v) is 5.98. The van der Waals surface area contributed by atoms with Crippen molar-refractivity contribution < 1.29 is 26.7 Å². The maximum Gasteiger partial charge on any atom is 0.266 e. The van der Waals surface area contributed by atoms with E-state index in [0.29, 0.717) is 20.5 Å². The van der Waals surface area contributed by atoms with E-state index < -0.39 is 32.5 Å². The van der Waals surface area contributed by atoms with Crippen molar-refractivity contribution in [3.05, 3.63) is 58.5 Å². The molecule has 1 fully saturated rings. The number of aryl methyl sites for hydroxylation is 1. The molecule has 0 saturated carbocycles. The maximum absolute atomic E-state index is 14.3. The van der Waals surface area contributed by atoms with Crippen LogP contribution >= 0.6 is 11.3 Å². The molecule has 10 heteroatoms. The number of thiophene rings is 1. The molecular weight excluding hydrogens is 434 g/mol. The van der Waals surface area contributed by atoms with Crippen LogP contribution in [-0.2, 0) is 14.8 Å². The number of anilines is 1. The van der Waals surface area contributed by atoms with E-state index in [1.54, 1.807) is 19.1 Å². The molecule has 0 atom stereocenters. The van der Waals surface area contributed by atoms with Crippen LogP contribution in [0, 0.1) is 18.6 Å². The molecule has 4 rings (SSSR count). The summed E-state index contributed by atoms with van der Waals surface area (Å²) in [7, 11) is -4.07. The number of nitrogens with zero attached hydrogens (tertiary/aromatic N) is 1. The number of rotatable bonds is 4. The van der Waals surface area contributed by atoms with Gasteiger partial charge in [-0.15, -0.1) is 11.3 Å². The van der Waals surface area contributed by atoms with Gasteiger partial charge in [-0.3, -0.25) is 4.79 Å². The van der Waals surface area contributed by atoms with Crippen LogP contribution in [0.15, 0.2) is 41.3 Å². The van der Waals surface area contributed by atoms with Crippen LogP contribution in [0.2, 0.25) is 0 Å². The van der Waals surface area contributed by atoms with Crippen LogP contribution in [0.4, 0.5) is 14.5 Å². The van der Waals surface area contributed by atoms with Gasteiger partial charge >= 0.3 is 0 Å². The Morgan fingerprint density at radius 3 is 2.57 bits per heavy atom. The van der Waals surface area contributed by atoms with E-state index in [1.807, 2.05) is 0 Å². The molecule has 0 unspecified atom stereocenters. The van der Waals surface area contributed by atoms with Crippen LogP contribution < -0.4 is 5.32 Å². The topological polar surface area (TPSA) is 75.7 Å². The summed E-state index contributed by atoms with van der Waals surface area (Å²) < 4.78 is 61.0. The first-order valence-electron chi connectivity index (χ1n) is 9.15. The van der Waals surface area contributed by atoms with Crippen LogP contribution in [-0.4, -0.2) is 44.9 Å². The van der Waals surface area contributed by atoms with E-state index in [9.17, 15) is 22.0 Å². The fraction of sp³-hybridized carbons (Fsp3) is 0.250. The van der Waals surface area contributed by atoms with Crippen molar-refractivity contribution >= 4 is 43.0 Å². The number of benzene rings is 2. The van der Waals surface area contributed by atoms with Gasteiger partial charge in [0.25, 0.3) is 5.91 Å². The summed E-state index contributed by atoms with van der Waals surface area (Å²) in [5.74, 6) is -1.84. The van der Waals surface area contributed by atoms with Gasteiger partial charge in [0.05, 0.1) is 18.1 Å². The summed E-state index contributed by atoms with van der Waals surface area (Å²) in [6, 6.07) is 8.00. The van der Waals surface area contributed by atoms with Crippen LogP contribution in [0.5, 0.6) is 0 Å². The molecule has 1 aliphatic heterocycles. The Bertz CT molecular complexity index is 1240. The molecule has 1 aromatic heterocycles. The minimum Gasteiger partial charge on any atom is -0.379 e. The van der Waals surface area contributed by atoms with Crippen LogP contribution in [0.3, 0.4) is 0 Å². The molecule has 1 saturated heterocycles. The Morgan fingerprint density at radius 1 is 1.13 bits per heavy atom. The largest absolute Gasteiger partial charge is 0.379 e.